The monoisotopic (exact) mass is 405 g/mol. The summed E-state index contributed by atoms with van der Waals surface area (Å²) in [5.41, 5.74) is 1.84. The molecule has 2 aliphatic heterocycles. The number of fused-ring (bicyclic) bond motifs is 1. The van der Waals surface area contributed by atoms with Gasteiger partial charge < -0.3 is 9.80 Å². The Labute approximate surface area is 168 Å². The first-order valence-electron chi connectivity index (χ1n) is 10.6. The highest BCUT2D eigenvalue weighted by Crippen LogP contribution is 2.39. The van der Waals surface area contributed by atoms with Crippen LogP contribution in [-0.2, 0) is 21.2 Å². The van der Waals surface area contributed by atoms with Crippen LogP contribution in [0.15, 0.2) is 23.1 Å². The zero-order chi connectivity index (χ0) is 19.7. The third-order valence-electron chi connectivity index (χ3n) is 6.16. The molecule has 0 spiro atoms. The lowest BCUT2D eigenvalue weighted by atomic mass is 10.1. The van der Waals surface area contributed by atoms with Crippen molar-refractivity contribution in [1.29, 1.82) is 0 Å². The molecule has 1 unspecified atom stereocenters. The largest absolute Gasteiger partial charge is 0.309 e. The van der Waals surface area contributed by atoms with Gasteiger partial charge in [0.15, 0.2) is 0 Å². The first-order valence-corrected chi connectivity index (χ1v) is 12.1. The van der Waals surface area contributed by atoms with Crippen LogP contribution < -0.4 is 9.62 Å². The van der Waals surface area contributed by atoms with Crippen molar-refractivity contribution in [3.8, 4) is 0 Å². The number of anilines is 1. The van der Waals surface area contributed by atoms with Crippen molar-refractivity contribution in [1.82, 2.24) is 9.62 Å². The zero-order valence-electron chi connectivity index (χ0n) is 16.7. The number of sulfonamides is 1. The third kappa shape index (κ3) is 4.26. The molecule has 4 rings (SSSR count). The van der Waals surface area contributed by atoms with Crippen LogP contribution in [0.4, 0.5) is 5.69 Å². The number of carbonyl (C=O) groups excluding carboxylic acids is 1. The summed E-state index contributed by atoms with van der Waals surface area (Å²) < 4.78 is 28.3. The van der Waals surface area contributed by atoms with Gasteiger partial charge in [-0.2, -0.15) is 0 Å². The van der Waals surface area contributed by atoms with Crippen LogP contribution in [0, 0.1) is 5.92 Å². The van der Waals surface area contributed by atoms with Crippen LogP contribution in [-0.4, -0.2) is 51.4 Å². The molecule has 154 valence electrons. The highest BCUT2D eigenvalue weighted by molar-refractivity contribution is 7.89. The molecule has 28 heavy (non-hydrogen) atoms. The quantitative estimate of drug-likeness (QED) is 0.790. The predicted molar refractivity (Wildman–Crippen MR) is 110 cm³/mol. The average Bonchev–Trinajstić information content (AvgIpc) is 3.47. The molecule has 2 heterocycles. The lowest BCUT2D eigenvalue weighted by Crippen LogP contribution is -2.36. The van der Waals surface area contributed by atoms with Crippen molar-refractivity contribution < 1.29 is 13.2 Å². The van der Waals surface area contributed by atoms with Crippen molar-refractivity contribution in [2.24, 2.45) is 5.92 Å². The number of carbonyl (C=O) groups is 1. The maximum atomic E-state index is 12.7. The summed E-state index contributed by atoms with van der Waals surface area (Å²) in [6.07, 6.45) is 7.62. The van der Waals surface area contributed by atoms with Gasteiger partial charge in [-0.05, 0) is 75.9 Å². The highest BCUT2D eigenvalue weighted by Gasteiger charge is 2.39. The molecule has 1 aromatic rings. The van der Waals surface area contributed by atoms with Gasteiger partial charge in [0, 0.05) is 30.7 Å². The van der Waals surface area contributed by atoms with Crippen molar-refractivity contribution in [2.75, 3.05) is 31.1 Å². The molecular formula is C21H31N3O3S. The van der Waals surface area contributed by atoms with Crippen LogP contribution >= 0.6 is 0 Å². The Morgan fingerprint density at radius 2 is 1.86 bits per heavy atom. The Hall–Kier alpha value is -1.44. The fraction of sp³-hybridized carbons (Fsp3) is 0.667. The maximum Gasteiger partial charge on any atom is 0.240 e. The fourth-order valence-corrected chi connectivity index (χ4v) is 5.49. The molecule has 3 aliphatic rings. The van der Waals surface area contributed by atoms with Gasteiger partial charge in [-0.25, -0.2) is 13.1 Å². The van der Waals surface area contributed by atoms with E-state index in [0.717, 1.165) is 43.7 Å². The number of hydrogen-bond donors (Lipinski definition) is 1. The normalized spacial score (nSPS) is 23.5. The minimum absolute atomic E-state index is 0.0945. The molecule has 7 heteroatoms. The summed E-state index contributed by atoms with van der Waals surface area (Å²) >= 11 is 0. The molecule has 1 aliphatic carbocycles. The van der Waals surface area contributed by atoms with E-state index in [1.807, 2.05) is 17.9 Å². The fourth-order valence-electron chi connectivity index (χ4n) is 4.42. The number of amides is 1. The summed E-state index contributed by atoms with van der Waals surface area (Å²) in [5.74, 6) is 0.356. The number of nitrogens with one attached hydrogen (secondary N) is 1. The summed E-state index contributed by atoms with van der Waals surface area (Å²) in [7, 11) is -3.53. The van der Waals surface area contributed by atoms with E-state index in [1.165, 1.54) is 25.7 Å². The summed E-state index contributed by atoms with van der Waals surface area (Å²) in [6.45, 7) is 5.34. The lowest BCUT2D eigenvalue weighted by Gasteiger charge is -2.22. The molecular weight excluding hydrogens is 374 g/mol. The number of nitrogens with zero attached hydrogens (tertiary/aromatic N) is 2. The standard InChI is InChI=1S/C21H31N3O3S/c1-16-14-18-15-19(8-9-20(18)24(16)21(25)17-6-7-17)28(26,27)22-10-13-23-11-4-2-3-5-12-23/h8-9,15-17,22H,2-7,10-14H2,1H3. The van der Waals surface area contributed by atoms with E-state index in [1.54, 1.807) is 12.1 Å². The van der Waals surface area contributed by atoms with E-state index in [9.17, 15) is 13.2 Å². The van der Waals surface area contributed by atoms with Gasteiger partial charge in [0.05, 0.1) is 4.90 Å². The molecule has 1 saturated carbocycles. The Morgan fingerprint density at radius 3 is 2.54 bits per heavy atom. The van der Waals surface area contributed by atoms with E-state index < -0.39 is 10.0 Å². The minimum atomic E-state index is -3.53. The van der Waals surface area contributed by atoms with Gasteiger partial charge >= 0.3 is 0 Å². The van der Waals surface area contributed by atoms with Crippen LogP contribution in [0.2, 0.25) is 0 Å². The maximum absolute atomic E-state index is 12.7. The van der Waals surface area contributed by atoms with Gasteiger partial charge in [0.25, 0.3) is 0 Å². The Morgan fingerprint density at radius 1 is 1.14 bits per heavy atom. The average molecular weight is 406 g/mol. The number of rotatable bonds is 6. The molecule has 0 bridgehead atoms. The Balaban J connectivity index is 1.41. The second kappa shape index (κ2) is 8.13. The lowest BCUT2D eigenvalue weighted by molar-refractivity contribution is -0.120. The van der Waals surface area contributed by atoms with E-state index in [-0.39, 0.29) is 17.9 Å². The summed E-state index contributed by atoms with van der Waals surface area (Å²) in [6, 6.07) is 5.29. The molecule has 1 N–H and O–H groups in total. The molecule has 1 amide bonds. The SMILES string of the molecule is CC1Cc2cc(S(=O)(=O)NCCN3CCCCCC3)ccc2N1C(=O)C1CC1. The second-order valence-electron chi connectivity index (χ2n) is 8.48. The predicted octanol–water partition coefficient (Wildman–Crippen LogP) is 2.53. The van der Waals surface area contributed by atoms with Gasteiger partial charge in [0.2, 0.25) is 15.9 Å². The molecule has 0 aromatic heterocycles. The van der Waals surface area contributed by atoms with Crippen LogP contribution in [0.5, 0.6) is 0 Å². The van der Waals surface area contributed by atoms with Crippen LogP contribution in [0.3, 0.4) is 0 Å². The summed E-state index contributed by atoms with van der Waals surface area (Å²) in [4.78, 5) is 17.1. The number of benzene rings is 1. The molecule has 6 nitrogen and oxygen atoms in total. The van der Waals surface area contributed by atoms with Crippen molar-refractivity contribution in [3.63, 3.8) is 0 Å². The van der Waals surface area contributed by atoms with Gasteiger partial charge in [0.1, 0.15) is 0 Å². The molecule has 0 radical (unpaired) electrons. The van der Waals surface area contributed by atoms with Gasteiger partial charge in [-0.15, -0.1) is 0 Å². The zero-order valence-corrected chi connectivity index (χ0v) is 17.5. The number of hydrogen-bond acceptors (Lipinski definition) is 4. The van der Waals surface area contributed by atoms with E-state index in [4.69, 9.17) is 0 Å². The Kier molecular flexibility index (Phi) is 5.76. The first kappa shape index (κ1) is 19.9. The highest BCUT2D eigenvalue weighted by atomic mass is 32.2. The third-order valence-corrected chi connectivity index (χ3v) is 7.62. The molecule has 1 aromatic carbocycles. The molecule has 1 atom stereocenters. The van der Waals surface area contributed by atoms with Crippen molar-refractivity contribution in [3.05, 3.63) is 23.8 Å². The smallest absolute Gasteiger partial charge is 0.240 e. The topological polar surface area (TPSA) is 69.7 Å². The summed E-state index contributed by atoms with van der Waals surface area (Å²) in [5, 5.41) is 0. The van der Waals surface area contributed by atoms with E-state index in [0.29, 0.717) is 17.9 Å². The van der Waals surface area contributed by atoms with Crippen molar-refractivity contribution >= 4 is 21.6 Å². The molecule has 2 fully saturated rings. The van der Waals surface area contributed by atoms with Gasteiger partial charge in [-0.3, -0.25) is 4.79 Å². The van der Waals surface area contributed by atoms with Gasteiger partial charge in [-0.1, -0.05) is 12.8 Å². The van der Waals surface area contributed by atoms with Crippen LogP contribution in [0.25, 0.3) is 0 Å². The van der Waals surface area contributed by atoms with Crippen LogP contribution in [0.1, 0.15) is 51.0 Å². The Bertz CT molecular complexity index is 827. The van der Waals surface area contributed by atoms with E-state index >= 15 is 0 Å². The van der Waals surface area contributed by atoms with Crippen molar-refractivity contribution in [2.45, 2.75) is 62.8 Å². The van der Waals surface area contributed by atoms with E-state index in [2.05, 4.69) is 9.62 Å². The minimum Gasteiger partial charge on any atom is -0.309 e. The first-order chi connectivity index (χ1) is 13.5. The second-order valence-corrected chi connectivity index (χ2v) is 10.2. The molecule has 1 saturated heterocycles. The number of likely N-dealkylation sites (tertiary alicyclic amines) is 1.